The van der Waals surface area contributed by atoms with Crippen molar-refractivity contribution in [2.45, 2.75) is 19.4 Å². The Hall–Kier alpha value is -0.550. The molecule has 0 bridgehead atoms. The fraction of sp³-hybridized carbons (Fsp3) is 0.400. The molecule has 1 saturated heterocycles. The van der Waals surface area contributed by atoms with Gasteiger partial charge in [0.25, 0.3) is 0 Å². The van der Waals surface area contributed by atoms with Crippen LogP contribution in [0.1, 0.15) is 23.6 Å². The van der Waals surface area contributed by atoms with Gasteiger partial charge in [-0.2, -0.15) is 0 Å². The van der Waals surface area contributed by atoms with Crippen molar-refractivity contribution in [2.24, 2.45) is 0 Å². The molecule has 3 N–H and O–H groups in total. The molecule has 1 aliphatic rings. The van der Waals surface area contributed by atoms with E-state index < -0.39 is 10.8 Å². The number of hydrogen-bond acceptors (Lipinski definition) is 3. The first-order valence-electron chi connectivity index (χ1n) is 4.66. The Morgan fingerprint density at radius 2 is 2.21 bits per heavy atom. The standard InChI is InChI=1S/C10H15NO2S/c1-8-3-2-4-9(7-8)10-5-6-14(12,13)11-10/h2-4,7,10-13H,5-6H2,1H3. The Morgan fingerprint density at radius 3 is 2.79 bits per heavy atom. The smallest absolute Gasteiger partial charge is 0.0547 e. The minimum atomic E-state index is -2.51. The Labute approximate surface area is 85.6 Å². The summed E-state index contributed by atoms with van der Waals surface area (Å²) >= 11 is 0. The monoisotopic (exact) mass is 213 g/mol. The largest absolute Gasteiger partial charge is 0.286 e. The van der Waals surface area contributed by atoms with Crippen LogP contribution in [-0.4, -0.2) is 14.9 Å². The molecule has 0 spiro atoms. The maximum Gasteiger partial charge on any atom is 0.0547 e. The zero-order valence-corrected chi connectivity index (χ0v) is 8.92. The zero-order valence-electron chi connectivity index (χ0n) is 8.10. The molecule has 1 unspecified atom stereocenters. The first-order chi connectivity index (χ1) is 6.57. The van der Waals surface area contributed by atoms with Crippen molar-refractivity contribution in [1.82, 2.24) is 4.72 Å². The molecule has 1 aromatic carbocycles. The molecule has 14 heavy (non-hydrogen) atoms. The third-order valence-electron chi connectivity index (χ3n) is 2.47. The Balaban J connectivity index is 2.17. The van der Waals surface area contributed by atoms with Gasteiger partial charge >= 0.3 is 0 Å². The van der Waals surface area contributed by atoms with Gasteiger partial charge in [-0.1, -0.05) is 29.8 Å². The van der Waals surface area contributed by atoms with Crippen LogP contribution in [-0.2, 0) is 0 Å². The van der Waals surface area contributed by atoms with Crippen LogP contribution < -0.4 is 4.72 Å². The van der Waals surface area contributed by atoms with E-state index in [0.717, 1.165) is 12.0 Å². The molecular formula is C10H15NO2S. The number of rotatable bonds is 1. The van der Waals surface area contributed by atoms with Gasteiger partial charge in [0.15, 0.2) is 0 Å². The quantitative estimate of drug-likeness (QED) is 0.672. The number of aryl methyl sites for hydroxylation is 1. The fourth-order valence-corrected chi connectivity index (χ4v) is 3.14. The van der Waals surface area contributed by atoms with Gasteiger partial charge < -0.3 is 0 Å². The molecule has 0 amide bonds. The van der Waals surface area contributed by atoms with E-state index in [-0.39, 0.29) is 6.04 Å². The molecule has 2 rings (SSSR count). The van der Waals surface area contributed by atoms with Crippen molar-refractivity contribution in [3.63, 3.8) is 0 Å². The normalized spacial score (nSPS) is 27.5. The van der Waals surface area contributed by atoms with Crippen molar-refractivity contribution in [1.29, 1.82) is 0 Å². The van der Waals surface area contributed by atoms with Gasteiger partial charge in [0, 0.05) is 0 Å². The summed E-state index contributed by atoms with van der Waals surface area (Å²) in [6, 6.07) is 8.23. The summed E-state index contributed by atoms with van der Waals surface area (Å²) < 4.78 is 21.7. The maximum atomic E-state index is 9.42. The van der Waals surface area contributed by atoms with E-state index in [9.17, 15) is 9.11 Å². The van der Waals surface area contributed by atoms with E-state index >= 15 is 0 Å². The molecule has 1 atom stereocenters. The van der Waals surface area contributed by atoms with E-state index in [1.807, 2.05) is 25.1 Å². The summed E-state index contributed by atoms with van der Waals surface area (Å²) in [5.41, 5.74) is 2.34. The highest BCUT2D eigenvalue weighted by atomic mass is 32.3. The predicted octanol–water partition coefficient (Wildman–Crippen LogP) is 2.70. The molecule has 1 aromatic rings. The fourth-order valence-electron chi connectivity index (χ4n) is 1.75. The van der Waals surface area contributed by atoms with E-state index in [0.29, 0.717) is 5.75 Å². The van der Waals surface area contributed by atoms with Crippen molar-refractivity contribution in [2.75, 3.05) is 5.75 Å². The summed E-state index contributed by atoms with van der Waals surface area (Å²) in [5, 5.41) is 0. The predicted molar refractivity (Wildman–Crippen MR) is 59.4 cm³/mol. The van der Waals surface area contributed by atoms with Crippen LogP contribution in [0.2, 0.25) is 0 Å². The summed E-state index contributed by atoms with van der Waals surface area (Å²) in [6.45, 7) is 2.04. The Bertz CT molecular complexity index is 341. The zero-order chi connectivity index (χ0) is 10.2. The molecule has 3 nitrogen and oxygen atoms in total. The van der Waals surface area contributed by atoms with Gasteiger partial charge in [-0.05, 0) is 18.9 Å². The highest BCUT2D eigenvalue weighted by molar-refractivity contribution is 8.22. The minimum absolute atomic E-state index is 0.0971. The van der Waals surface area contributed by atoms with E-state index in [1.54, 1.807) is 0 Å². The van der Waals surface area contributed by atoms with Crippen molar-refractivity contribution in [3.8, 4) is 0 Å². The highest BCUT2D eigenvalue weighted by Gasteiger charge is 2.28. The number of nitrogens with one attached hydrogen (secondary N) is 1. The molecule has 0 radical (unpaired) electrons. The van der Waals surface area contributed by atoms with Crippen LogP contribution in [0.4, 0.5) is 0 Å². The molecule has 0 aromatic heterocycles. The summed E-state index contributed by atoms with van der Waals surface area (Å²) in [7, 11) is -2.51. The average molecular weight is 213 g/mol. The molecule has 0 aliphatic carbocycles. The van der Waals surface area contributed by atoms with Crippen LogP contribution in [0.15, 0.2) is 24.3 Å². The van der Waals surface area contributed by atoms with Crippen LogP contribution in [0.3, 0.4) is 0 Å². The maximum absolute atomic E-state index is 9.42. The summed E-state index contributed by atoms with van der Waals surface area (Å²) in [4.78, 5) is 0. The Morgan fingerprint density at radius 1 is 1.43 bits per heavy atom. The van der Waals surface area contributed by atoms with Gasteiger partial charge in [0.05, 0.1) is 11.8 Å². The lowest BCUT2D eigenvalue weighted by atomic mass is 10.0. The second-order valence-electron chi connectivity index (χ2n) is 3.74. The second-order valence-corrected chi connectivity index (χ2v) is 5.72. The summed E-state index contributed by atoms with van der Waals surface area (Å²) in [6.07, 6.45) is 0.797. The SMILES string of the molecule is Cc1cccc(C2CCS(O)(O)N2)c1. The van der Waals surface area contributed by atoms with Gasteiger partial charge in [-0.3, -0.25) is 9.11 Å². The number of benzene rings is 1. The van der Waals surface area contributed by atoms with Crippen molar-refractivity contribution >= 4 is 10.8 Å². The van der Waals surface area contributed by atoms with E-state index in [4.69, 9.17) is 0 Å². The Kier molecular flexibility index (Phi) is 2.53. The van der Waals surface area contributed by atoms with E-state index in [2.05, 4.69) is 10.8 Å². The number of hydrogen-bond donors (Lipinski definition) is 3. The topological polar surface area (TPSA) is 52.5 Å². The third kappa shape index (κ3) is 2.09. The van der Waals surface area contributed by atoms with Gasteiger partial charge in [-0.15, -0.1) is 10.8 Å². The van der Waals surface area contributed by atoms with Crippen molar-refractivity contribution in [3.05, 3.63) is 35.4 Å². The molecule has 0 saturated carbocycles. The molecule has 78 valence electrons. The molecular weight excluding hydrogens is 198 g/mol. The van der Waals surface area contributed by atoms with Gasteiger partial charge in [-0.25, -0.2) is 4.72 Å². The van der Waals surface area contributed by atoms with Crippen LogP contribution in [0.5, 0.6) is 0 Å². The first-order valence-corrected chi connectivity index (χ1v) is 6.38. The highest BCUT2D eigenvalue weighted by Crippen LogP contribution is 2.45. The van der Waals surface area contributed by atoms with E-state index in [1.165, 1.54) is 5.56 Å². The lowest BCUT2D eigenvalue weighted by molar-refractivity contribution is 0.478. The minimum Gasteiger partial charge on any atom is -0.286 e. The third-order valence-corrected chi connectivity index (χ3v) is 3.93. The molecule has 4 heteroatoms. The average Bonchev–Trinajstić information content (AvgIpc) is 2.46. The lowest BCUT2D eigenvalue weighted by Gasteiger charge is -2.27. The van der Waals surface area contributed by atoms with Gasteiger partial charge in [0.1, 0.15) is 0 Å². The second kappa shape index (κ2) is 3.55. The van der Waals surface area contributed by atoms with Crippen molar-refractivity contribution < 1.29 is 9.11 Å². The molecule has 1 fully saturated rings. The summed E-state index contributed by atoms with van der Waals surface area (Å²) in [5.74, 6) is 0.464. The van der Waals surface area contributed by atoms with Crippen LogP contribution >= 0.6 is 10.8 Å². The van der Waals surface area contributed by atoms with Gasteiger partial charge in [0.2, 0.25) is 0 Å². The van der Waals surface area contributed by atoms with Crippen LogP contribution in [0.25, 0.3) is 0 Å². The first kappa shape index (κ1) is 9.98. The lowest BCUT2D eigenvalue weighted by Crippen LogP contribution is -2.16. The molecule has 1 aliphatic heterocycles. The van der Waals surface area contributed by atoms with Crippen LogP contribution in [0, 0.1) is 6.92 Å². The molecule has 1 heterocycles.